The average molecular weight is 133 g/mol. The van der Waals surface area contributed by atoms with Crippen LogP contribution in [0.2, 0.25) is 0 Å². The maximum Gasteiger partial charge on any atom is 0.00584 e. The zero-order valence-corrected chi connectivity index (χ0v) is 6.55. The van der Waals surface area contributed by atoms with Crippen molar-refractivity contribution in [1.82, 2.24) is 4.72 Å². The summed E-state index contributed by atoms with van der Waals surface area (Å²) in [6.07, 6.45) is 2.59. The van der Waals surface area contributed by atoms with Crippen LogP contribution in [0.15, 0.2) is 0 Å². The van der Waals surface area contributed by atoms with E-state index >= 15 is 0 Å². The predicted octanol–water partition coefficient (Wildman–Crippen LogP) is 2.04. The third-order valence-electron chi connectivity index (χ3n) is 0.879. The molecule has 2 heteroatoms. The van der Waals surface area contributed by atoms with Gasteiger partial charge in [0.25, 0.3) is 0 Å². The Morgan fingerprint density at radius 3 is 2.62 bits per heavy atom. The molecule has 0 aromatic rings. The fourth-order valence-corrected chi connectivity index (χ4v) is 0.916. The van der Waals surface area contributed by atoms with E-state index in [9.17, 15) is 0 Å². The van der Waals surface area contributed by atoms with Crippen LogP contribution in [-0.4, -0.2) is 12.3 Å². The number of rotatable bonds is 5. The van der Waals surface area contributed by atoms with Crippen LogP contribution in [0.5, 0.6) is 0 Å². The van der Waals surface area contributed by atoms with Crippen LogP contribution < -0.4 is 4.72 Å². The van der Waals surface area contributed by atoms with E-state index in [1.165, 1.54) is 18.6 Å². The van der Waals surface area contributed by atoms with Crippen molar-refractivity contribution in [3.63, 3.8) is 0 Å². The first-order valence-electron chi connectivity index (χ1n) is 3.26. The molecule has 0 rings (SSSR count). The number of unbranched alkanes of at least 4 members (excludes halogenated alkanes) is 1. The summed E-state index contributed by atoms with van der Waals surface area (Å²) in [6.45, 7) is 5.52. The minimum absolute atomic E-state index is 1.16. The van der Waals surface area contributed by atoms with Crippen molar-refractivity contribution in [3.8, 4) is 0 Å². The average Bonchev–Trinajstić information content (AvgIpc) is 1.81. The van der Waals surface area contributed by atoms with Crippen molar-refractivity contribution < 1.29 is 0 Å². The molecule has 0 radical (unpaired) electrons. The molecule has 1 N–H and O–H groups in total. The van der Waals surface area contributed by atoms with E-state index < -0.39 is 0 Å². The first kappa shape index (κ1) is 8.31. The minimum Gasteiger partial charge on any atom is -0.264 e. The molecule has 0 atom stereocenters. The van der Waals surface area contributed by atoms with Gasteiger partial charge in [-0.1, -0.05) is 32.2 Å². The zero-order chi connectivity index (χ0) is 6.24. The van der Waals surface area contributed by atoms with E-state index in [0.717, 1.165) is 6.54 Å². The van der Waals surface area contributed by atoms with Gasteiger partial charge >= 0.3 is 0 Å². The van der Waals surface area contributed by atoms with Crippen LogP contribution in [0, 0.1) is 0 Å². The number of hydrogen-bond acceptors (Lipinski definition) is 2. The minimum atomic E-state index is 1.16. The lowest BCUT2D eigenvalue weighted by molar-refractivity contribution is 0.776. The largest absolute Gasteiger partial charge is 0.264 e. The molecule has 0 aliphatic carbocycles. The van der Waals surface area contributed by atoms with Gasteiger partial charge in [0.1, 0.15) is 0 Å². The van der Waals surface area contributed by atoms with Gasteiger partial charge in [-0.05, 0) is 6.42 Å². The van der Waals surface area contributed by atoms with E-state index in [0.29, 0.717) is 0 Å². The Labute approximate surface area is 56.4 Å². The van der Waals surface area contributed by atoms with Gasteiger partial charge in [-0.2, -0.15) is 0 Å². The monoisotopic (exact) mass is 133 g/mol. The van der Waals surface area contributed by atoms with E-state index in [1.807, 2.05) is 0 Å². The highest BCUT2D eigenvalue weighted by Crippen LogP contribution is 1.91. The van der Waals surface area contributed by atoms with Gasteiger partial charge in [-0.3, -0.25) is 4.72 Å². The molecule has 0 unspecified atom stereocenters. The first-order valence-corrected chi connectivity index (χ1v) is 4.25. The van der Waals surface area contributed by atoms with Crippen LogP contribution >= 0.6 is 11.9 Å². The fraction of sp³-hybridized carbons (Fsp3) is 1.00. The molecule has 0 spiro atoms. The lowest BCUT2D eigenvalue weighted by Crippen LogP contribution is -2.04. The number of nitrogens with one attached hydrogen (secondary N) is 1. The third kappa shape index (κ3) is 6.31. The normalized spacial score (nSPS) is 9.75. The quantitative estimate of drug-likeness (QED) is 0.455. The Hall–Kier alpha value is 0.310. The standard InChI is InChI=1S/C6H15NS/c1-3-5-6-7-8-4-2/h7H,3-6H2,1-2H3. The molecular weight excluding hydrogens is 118 g/mol. The Morgan fingerprint density at radius 1 is 1.38 bits per heavy atom. The summed E-state index contributed by atoms with van der Waals surface area (Å²) in [5.41, 5.74) is 0. The molecule has 8 heavy (non-hydrogen) atoms. The van der Waals surface area contributed by atoms with Gasteiger partial charge in [0.05, 0.1) is 0 Å². The fourth-order valence-electron chi connectivity index (χ4n) is 0.423. The van der Waals surface area contributed by atoms with Gasteiger partial charge < -0.3 is 0 Å². The lowest BCUT2D eigenvalue weighted by atomic mass is 10.3. The summed E-state index contributed by atoms with van der Waals surface area (Å²) in [4.78, 5) is 0. The molecule has 0 saturated heterocycles. The molecule has 0 aliphatic rings. The maximum atomic E-state index is 3.25. The molecule has 0 bridgehead atoms. The molecule has 1 nitrogen and oxygen atoms in total. The Bertz CT molecular complexity index is 33.5. The summed E-state index contributed by atoms with van der Waals surface area (Å²) in [7, 11) is 0. The van der Waals surface area contributed by atoms with Gasteiger partial charge in [-0.15, -0.1) is 0 Å². The highest BCUT2D eigenvalue weighted by atomic mass is 32.2. The van der Waals surface area contributed by atoms with E-state index in [1.54, 1.807) is 11.9 Å². The van der Waals surface area contributed by atoms with Crippen molar-refractivity contribution in [3.05, 3.63) is 0 Å². The SMILES string of the molecule is CCCCNSCC. The Balaban J connectivity index is 2.53. The predicted molar refractivity (Wildman–Crippen MR) is 41.0 cm³/mol. The topological polar surface area (TPSA) is 12.0 Å². The first-order chi connectivity index (χ1) is 3.91. The van der Waals surface area contributed by atoms with Crippen molar-refractivity contribution in [1.29, 1.82) is 0 Å². The highest BCUT2D eigenvalue weighted by Gasteiger charge is 1.81. The van der Waals surface area contributed by atoms with Crippen LogP contribution in [0.25, 0.3) is 0 Å². The maximum absolute atomic E-state index is 3.25. The number of hydrogen-bond donors (Lipinski definition) is 1. The van der Waals surface area contributed by atoms with Crippen LogP contribution in [-0.2, 0) is 0 Å². The second-order valence-corrected chi connectivity index (χ2v) is 2.84. The van der Waals surface area contributed by atoms with Crippen LogP contribution in [0.1, 0.15) is 26.7 Å². The molecule has 0 heterocycles. The molecule has 0 fully saturated rings. The Kier molecular flexibility index (Phi) is 7.59. The van der Waals surface area contributed by atoms with Crippen molar-refractivity contribution >= 4 is 11.9 Å². The van der Waals surface area contributed by atoms with Gasteiger partial charge in [0, 0.05) is 12.3 Å². The summed E-state index contributed by atoms with van der Waals surface area (Å²) in [5.74, 6) is 1.17. The summed E-state index contributed by atoms with van der Waals surface area (Å²) < 4.78 is 3.25. The molecule has 0 amide bonds. The van der Waals surface area contributed by atoms with Crippen molar-refractivity contribution in [2.45, 2.75) is 26.7 Å². The van der Waals surface area contributed by atoms with Gasteiger partial charge in [-0.25, -0.2) is 0 Å². The van der Waals surface area contributed by atoms with Gasteiger partial charge in [0.2, 0.25) is 0 Å². The van der Waals surface area contributed by atoms with E-state index in [-0.39, 0.29) is 0 Å². The van der Waals surface area contributed by atoms with E-state index in [4.69, 9.17) is 0 Å². The van der Waals surface area contributed by atoms with Crippen molar-refractivity contribution in [2.75, 3.05) is 12.3 Å². The molecular formula is C6H15NS. The summed E-state index contributed by atoms with van der Waals surface area (Å²) in [6, 6.07) is 0. The van der Waals surface area contributed by atoms with Crippen molar-refractivity contribution in [2.24, 2.45) is 0 Å². The smallest absolute Gasteiger partial charge is 0.00584 e. The molecule has 50 valence electrons. The lowest BCUT2D eigenvalue weighted by Gasteiger charge is -1.97. The highest BCUT2D eigenvalue weighted by molar-refractivity contribution is 7.97. The van der Waals surface area contributed by atoms with Crippen LogP contribution in [0.4, 0.5) is 0 Å². The second kappa shape index (κ2) is 7.31. The molecule has 0 saturated carbocycles. The molecule has 0 aromatic heterocycles. The summed E-state index contributed by atoms with van der Waals surface area (Å²) in [5, 5.41) is 0. The second-order valence-electron chi connectivity index (χ2n) is 1.68. The Morgan fingerprint density at radius 2 is 2.12 bits per heavy atom. The van der Waals surface area contributed by atoms with E-state index in [2.05, 4.69) is 18.6 Å². The third-order valence-corrected chi connectivity index (χ3v) is 1.58. The molecule has 0 aromatic carbocycles. The summed E-state index contributed by atoms with van der Waals surface area (Å²) >= 11 is 1.80. The van der Waals surface area contributed by atoms with Gasteiger partial charge in [0.15, 0.2) is 0 Å². The zero-order valence-electron chi connectivity index (χ0n) is 5.74. The molecule has 0 aliphatic heterocycles. The van der Waals surface area contributed by atoms with Crippen LogP contribution in [0.3, 0.4) is 0 Å².